The Morgan fingerprint density at radius 2 is 1.92 bits per heavy atom. The second-order valence-corrected chi connectivity index (χ2v) is 9.71. The van der Waals surface area contributed by atoms with Crippen LogP contribution in [-0.2, 0) is 11.0 Å². The fourth-order valence-electron chi connectivity index (χ4n) is 3.79. The highest BCUT2D eigenvalue weighted by atomic mass is 32.1. The van der Waals surface area contributed by atoms with Gasteiger partial charge in [0.15, 0.2) is 11.9 Å². The van der Waals surface area contributed by atoms with Gasteiger partial charge in [-0.15, -0.1) is 11.3 Å². The Labute approximate surface area is 213 Å². The number of hydrogen-bond donors (Lipinski definition) is 1. The van der Waals surface area contributed by atoms with E-state index in [1.54, 1.807) is 26.1 Å². The van der Waals surface area contributed by atoms with Crippen molar-refractivity contribution < 1.29 is 31.9 Å². The van der Waals surface area contributed by atoms with Crippen LogP contribution < -0.4 is 15.0 Å². The Morgan fingerprint density at radius 1 is 1.22 bits per heavy atom. The fourth-order valence-corrected chi connectivity index (χ4v) is 4.57. The lowest BCUT2D eigenvalue weighted by molar-refractivity contribution is -0.145. The summed E-state index contributed by atoms with van der Waals surface area (Å²) in [6, 6.07) is 2.34. The molecule has 1 N–H and O–H groups in total. The quantitative estimate of drug-likeness (QED) is 0.431. The Balaban J connectivity index is 1.70. The average molecular weight is 538 g/mol. The van der Waals surface area contributed by atoms with Gasteiger partial charge in [0.2, 0.25) is 5.82 Å². The van der Waals surface area contributed by atoms with Crippen molar-refractivity contribution in [3.05, 3.63) is 52.6 Å². The number of carbonyl (C=O) groups is 2. The molecule has 3 aromatic rings. The maximum absolute atomic E-state index is 13.2. The minimum absolute atomic E-state index is 0.0940. The molecule has 1 aromatic carbocycles. The summed E-state index contributed by atoms with van der Waals surface area (Å²) in [5.41, 5.74) is 1.25. The van der Waals surface area contributed by atoms with Crippen LogP contribution in [0.1, 0.15) is 52.9 Å². The number of nitrogens with zero attached hydrogens (tertiary/aromatic N) is 4. The minimum Gasteiger partial charge on any atom is -0.478 e. The molecule has 4 rings (SSSR count). The molecule has 8 nitrogen and oxygen atoms in total. The van der Waals surface area contributed by atoms with Crippen molar-refractivity contribution in [3.63, 3.8) is 0 Å². The Morgan fingerprint density at radius 3 is 2.51 bits per heavy atom. The molecule has 1 aliphatic heterocycles. The number of fused-ring (bicyclic) bond motifs is 1. The number of aryl methyl sites for hydroxylation is 1. The molecule has 13 heteroatoms. The number of rotatable bonds is 7. The molecule has 1 aliphatic rings. The van der Waals surface area contributed by atoms with Gasteiger partial charge in [-0.2, -0.15) is 13.2 Å². The molecule has 0 spiro atoms. The highest BCUT2D eigenvalue weighted by Crippen LogP contribution is 2.44. The van der Waals surface area contributed by atoms with Crippen molar-refractivity contribution in [1.82, 2.24) is 20.3 Å². The van der Waals surface area contributed by atoms with E-state index in [-0.39, 0.29) is 30.0 Å². The first-order chi connectivity index (χ1) is 17.5. The summed E-state index contributed by atoms with van der Waals surface area (Å²) >= 11 is 1.37. The third-order valence-corrected chi connectivity index (χ3v) is 6.62. The zero-order valence-corrected chi connectivity index (χ0v) is 20.9. The number of alkyl halides is 4. The van der Waals surface area contributed by atoms with E-state index >= 15 is 0 Å². The van der Waals surface area contributed by atoms with Crippen LogP contribution in [0.15, 0.2) is 30.7 Å². The molecule has 0 radical (unpaired) electrons. The molecule has 2 aromatic heterocycles. The second-order valence-electron chi connectivity index (χ2n) is 8.47. The van der Waals surface area contributed by atoms with Crippen LogP contribution in [0, 0.1) is 6.92 Å². The lowest BCUT2D eigenvalue weighted by atomic mass is 10.0. The van der Waals surface area contributed by atoms with Gasteiger partial charge in [-0.3, -0.25) is 14.0 Å². The van der Waals surface area contributed by atoms with Gasteiger partial charge in [0.1, 0.15) is 5.01 Å². The Kier molecular flexibility index (Phi) is 7.44. The molecule has 0 saturated carbocycles. The largest absolute Gasteiger partial charge is 0.478 e. The van der Waals surface area contributed by atoms with E-state index in [0.29, 0.717) is 22.0 Å². The number of nitrogens with one attached hydrogen (secondary N) is 1. The number of aromatic nitrogens is 3. The van der Waals surface area contributed by atoms with Gasteiger partial charge in [0, 0.05) is 41.1 Å². The zero-order valence-electron chi connectivity index (χ0n) is 20.1. The number of hydrogen-bond acceptors (Lipinski definition) is 7. The van der Waals surface area contributed by atoms with Crippen molar-refractivity contribution in [2.24, 2.45) is 0 Å². The lowest BCUT2D eigenvalue weighted by Gasteiger charge is -2.34. The highest BCUT2D eigenvalue weighted by molar-refractivity contribution is 7.15. The summed E-state index contributed by atoms with van der Waals surface area (Å²) < 4.78 is 57.2. The van der Waals surface area contributed by atoms with Crippen LogP contribution in [0.4, 0.5) is 23.2 Å². The van der Waals surface area contributed by atoms with E-state index < -0.39 is 36.7 Å². The lowest BCUT2D eigenvalue weighted by Crippen LogP contribution is -2.45. The van der Waals surface area contributed by atoms with Gasteiger partial charge < -0.3 is 15.0 Å². The van der Waals surface area contributed by atoms with Crippen molar-refractivity contribution >= 4 is 28.8 Å². The van der Waals surface area contributed by atoms with Gasteiger partial charge in [-0.25, -0.2) is 15.0 Å². The fraction of sp³-hybridized carbons (Fsp3) is 0.375. The smallest absolute Gasteiger partial charge is 0.451 e. The molecule has 37 heavy (non-hydrogen) atoms. The third-order valence-electron chi connectivity index (χ3n) is 5.67. The molecule has 2 atom stereocenters. The molecular weight excluding hydrogens is 514 g/mol. The molecule has 0 saturated heterocycles. The number of halogens is 4. The normalized spacial score (nSPS) is 16.2. The van der Waals surface area contributed by atoms with Crippen LogP contribution in [0.2, 0.25) is 0 Å². The topological polar surface area (TPSA) is 97.3 Å². The molecule has 3 heterocycles. The van der Waals surface area contributed by atoms with E-state index in [1.165, 1.54) is 22.3 Å². The van der Waals surface area contributed by atoms with Crippen LogP contribution in [0.5, 0.6) is 5.75 Å². The van der Waals surface area contributed by atoms with Crippen molar-refractivity contribution in [2.75, 3.05) is 18.1 Å². The predicted octanol–water partition coefficient (Wildman–Crippen LogP) is 4.89. The number of benzene rings is 1. The molecule has 0 aliphatic carbocycles. The number of amides is 2. The van der Waals surface area contributed by atoms with E-state index in [9.17, 15) is 27.2 Å². The van der Waals surface area contributed by atoms with Gasteiger partial charge in [-0.05, 0) is 39.3 Å². The van der Waals surface area contributed by atoms with Crippen LogP contribution >= 0.6 is 11.3 Å². The maximum atomic E-state index is 13.2. The first kappa shape index (κ1) is 26.5. The summed E-state index contributed by atoms with van der Waals surface area (Å²) in [7, 11) is 0. The van der Waals surface area contributed by atoms with Gasteiger partial charge >= 0.3 is 6.18 Å². The number of thiazole rings is 1. The van der Waals surface area contributed by atoms with Crippen LogP contribution in [0.3, 0.4) is 0 Å². The van der Waals surface area contributed by atoms with Crippen molar-refractivity contribution in [3.8, 4) is 16.3 Å². The standard InChI is InChI=1S/C24H23F4N5O3S/c1-12-9-29-21(37-12)17-7-15(8-18-19(17)36-14(3)22(35)33(18)6-4-5-25)20(34)32-13(2)16-10-30-23(31-11-16)24(26,27)28/h7-11,13-14H,4-6H2,1-3H3,(H,32,34). The third kappa shape index (κ3) is 5.55. The molecular formula is C24H23F4N5O3S. The van der Waals surface area contributed by atoms with Gasteiger partial charge in [0.05, 0.1) is 24.0 Å². The van der Waals surface area contributed by atoms with E-state index in [2.05, 4.69) is 20.3 Å². The monoisotopic (exact) mass is 537 g/mol. The SMILES string of the molecule is Cc1cnc(-c2cc(C(=O)NC(C)c3cnc(C(F)(F)F)nc3)cc3c2OC(C)C(=O)N3CCCF)s1. The van der Waals surface area contributed by atoms with E-state index in [4.69, 9.17) is 4.74 Å². The molecule has 0 fully saturated rings. The molecule has 0 bridgehead atoms. The first-order valence-electron chi connectivity index (χ1n) is 11.3. The Hall–Kier alpha value is -3.61. The molecule has 2 amide bonds. The molecule has 196 valence electrons. The zero-order chi connectivity index (χ0) is 26.9. The van der Waals surface area contributed by atoms with E-state index in [0.717, 1.165) is 17.3 Å². The Bertz CT molecular complexity index is 1310. The van der Waals surface area contributed by atoms with Crippen molar-refractivity contribution in [2.45, 2.75) is 45.5 Å². The highest BCUT2D eigenvalue weighted by Gasteiger charge is 2.36. The average Bonchev–Trinajstić information content (AvgIpc) is 3.29. The summed E-state index contributed by atoms with van der Waals surface area (Å²) in [5, 5.41) is 3.29. The van der Waals surface area contributed by atoms with Crippen LogP contribution in [-0.4, -0.2) is 46.1 Å². The van der Waals surface area contributed by atoms with Crippen molar-refractivity contribution in [1.29, 1.82) is 0 Å². The number of anilines is 1. The van der Waals surface area contributed by atoms with E-state index in [1.807, 2.05) is 6.92 Å². The maximum Gasteiger partial charge on any atom is 0.451 e. The minimum atomic E-state index is -4.68. The predicted molar refractivity (Wildman–Crippen MR) is 128 cm³/mol. The van der Waals surface area contributed by atoms with Crippen LogP contribution in [0.25, 0.3) is 10.6 Å². The summed E-state index contributed by atoms with van der Waals surface area (Å²) in [6.07, 6.45) is -1.71. The number of ether oxygens (including phenoxy) is 1. The van der Waals surface area contributed by atoms with Gasteiger partial charge in [-0.1, -0.05) is 0 Å². The summed E-state index contributed by atoms with van der Waals surface area (Å²) in [5.74, 6) is -1.84. The second kappa shape index (κ2) is 10.4. The molecule has 2 unspecified atom stereocenters. The summed E-state index contributed by atoms with van der Waals surface area (Å²) in [6.45, 7) is 4.52. The van der Waals surface area contributed by atoms with Gasteiger partial charge in [0.25, 0.3) is 11.8 Å². The number of carbonyl (C=O) groups excluding carboxylic acids is 2. The summed E-state index contributed by atoms with van der Waals surface area (Å²) in [4.78, 5) is 39.5. The first-order valence-corrected chi connectivity index (χ1v) is 12.2.